The first-order chi connectivity index (χ1) is 13.2. The number of amides is 2. The number of carbonyl (C=O) groups is 2. The molecule has 2 amide bonds. The Morgan fingerprint density at radius 2 is 1.63 bits per heavy atom. The Bertz CT molecular complexity index is 774. The van der Waals surface area contributed by atoms with Gasteiger partial charge in [-0.25, -0.2) is 4.98 Å². The van der Waals surface area contributed by atoms with Crippen LogP contribution in [0.1, 0.15) is 23.2 Å². The van der Waals surface area contributed by atoms with Gasteiger partial charge in [-0.05, 0) is 25.0 Å². The van der Waals surface area contributed by atoms with Crippen LogP contribution >= 0.6 is 0 Å². The van der Waals surface area contributed by atoms with Gasteiger partial charge in [-0.2, -0.15) is 0 Å². The summed E-state index contributed by atoms with van der Waals surface area (Å²) in [6.07, 6.45) is 5.27. The fraction of sp³-hybridized carbons (Fsp3) is 0.450. The predicted molar refractivity (Wildman–Crippen MR) is 100 cm³/mol. The summed E-state index contributed by atoms with van der Waals surface area (Å²) in [7, 11) is 0. The van der Waals surface area contributed by atoms with Crippen molar-refractivity contribution >= 4 is 11.8 Å². The average Bonchev–Trinajstić information content (AvgIpc) is 3.42. The van der Waals surface area contributed by atoms with Crippen LogP contribution in [0.4, 0.5) is 0 Å². The highest BCUT2D eigenvalue weighted by molar-refractivity contribution is 5.94. The maximum atomic E-state index is 12.7. The van der Waals surface area contributed by atoms with E-state index in [0.29, 0.717) is 31.0 Å². The molecule has 3 heterocycles. The van der Waals surface area contributed by atoms with E-state index in [9.17, 15) is 9.59 Å². The molecule has 2 fully saturated rings. The van der Waals surface area contributed by atoms with E-state index in [1.165, 1.54) is 6.39 Å². The second-order valence-corrected chi connectivity index (χ2v) is 7.10. The Labute approximate surface area is 158 Å². The molecule has 142 valence electrons. The zero-order valence-electron chi connectivity index (χ0n) is 15.3. The zero-order chi connectivity index (χ0) is 18.6. The normalized spacial score (nSPS) is 18.1. The lowest BCUT2D eigenvalue weighted by atomic mass is 10.1. The second kappa shape index (κ2) is 7.92. The highest BCUT2D eigenvalue weighted by Crippen LogP contribution is 2.20. The van der Waals surface area contributed by atoms with Gasteiger partial charge in [0.1, 0.15) is 0 Å². The van der Waals surface area contributed by atoms with Crippen LogP contribution in [-0.2, 0) is 4.79 Å². The summed E-state index contributed by atoms with van der Waals surface area (Å²) in [5.74, 6) is 0.935. The van der Waals surface area contributed by atoms with Crippen molar-refractivity contribution in [2.45, 2.75) is 12.8 Å². The summed E-state index contributed by atoms with van der Waals surface area (Å²) in [5, 5.41) is 0. The maximum Gasteiger partial charge on any atom is 0.253 e. The molecule has 2 saturated heterocycles. The van der Waals surface area contributed by atoms with Crippen LogP contribution in [0.3, 0.4) is 0 Å². The molecule has 0 bridgehead atoms. The van der Waals surface area contributed by atoms with Gasteiger partial charge < -0.3 is 14.2 Å². The van der Waals surface area contributed by atoms with E-state index < -0.39 is 0 Å². The average molecular weight is 368 g/mol. The fourth-order valence-electron chi connectivity index (χ4n) is 3.68. The van der Waals surface area contributed by atoms with E-state index in [1.807, 2.05) is 34.1 Å². The molecule has 2 aromatic rings. The largest absolute Gasteiger partial charge is 0.444 e. The number of likely N-dealkylation sites (tertiary alicyclic amines) is 1. The van der Waals surface area contributed by atoms with Gasteiger partial charge in [0.05, 0.1) is 12.7 Å². The molecule has 0 spiro atoms. The molecule has 1 aromatic heterocycles. The van der Waals surface area contributed by atoms with Crippen LogP contribution in [0.2, 0.25) is 0 Å². The summed E-state index contributed by atoms with van der Waals surface area (Å²) in [6.45, 7) is 5.02. The van der Waals surface area contributed by atoms with E-state index in [2.05, 4.69) is 9.88 Å². The number of piperazine rings is 1. The minimum atomic E-state index is 0.0321. The van der Waals surface area contributed by atoms with E-state index in [1.54, 1.807) is 6.20 Å². The van der Waals surface area contributed by atoms with Gasteiger partial charge in [-0.15, -0.1) is 0 Å². The molecule has 0 saturated carbocycles. The first-order valence-electron chi connectivity index (χ1n) is 9.49. The summed E-state index contributed by atoms with van der Waals surface area (Å²) in [4.78, 5) is 34.9. The molecule has 0 atom stereocenters. The summed E-state index contributed by atoms with van der Waals surface area (Å²) >= 11 is 0. The third-order valence-electron chi connectivity index (χ3n) is 5.33. The highest BCUT2D eigenvalue weighted by Gasteiger charge is 2.25. The first-order valence-corrected chi connectivity index (χ1v) is 9.49. The lowest BCUT2D eigenvalue weighted by molar-refractivity contribution is -0.131. The van der Waals surface area contributed by atoms with Gasteiger partial charge in [0.25, 0.3) is 5.91 Å². The van der Waals surface area contributed by atoms with Gasteiger partial charge in [-0.3, -0.25) is 14.5 Å². The standard InChI is InChI=1S/C20H24N4O3/c25-19(23-7-1-2-8-23)14-22-9-11-24(12-10-22)20(26)17-5-3-16(4-6-17)18-13-21-15-27-18/h3-6,13,15H,1-2,7-12,14H2. The summed E-state index contributed by atoms with van der Waals surface area (Å²) < 4.78 is 5.27. The minimum absolute atomic E-state index is 0.0321. The molecule has 2 aliphatic heterocycles. The van der Waals surface area contributed by atoms with Gasteiger partial charge in [0.2, 0.25) is 5.91 Å². The van der Waals surface area contributed by atoms with Gasteiger partial charge >= 0.3 is 0 Å². The third-order valence-corrected chi connectivity index (χ3v) is 5.33. The number of oxazole rings is 1. The molecule has 27 heavy (non-hydrogen) atoms. The number of nitrogens with zero attached hydrogens (tertiary/aromatic N) is 4. The fourth-order valence-corrected chi connectivity index (χ4v) is 3.68. The lowest BCUT2D eigenvalue weighted by Gasteiger charge is -2.35. The molecule has 7 heteroatoms. The molecule has 4 rings (SSSR count). The van der Waals surface area contributed by atoms with Crippen molar-refractivity contribution in [3.63, 3.8) is 0 Å². The molecule has 0 radical (unpaired) electrons. The molecular weight excluding hydrogens is 344 g/mol. The quantitative estimate of drug-likeness (QED) is 0.822. The Morgan fingerprint density at radius 1 is 0.926 bits per heavy atom. The van der Waals surface area contributed by atoms with Gasteiger partial charge in [0, 0.05) is 50.4 Å². The second-order valence-electron chi connectivity index (χ2n) is 7.10. The van der Waals surface area contributed by atoms with Crippen molar-refractivity contribution < 1.29 is 14.0 Å². The predicted octanol–water partition coefficient (Wildman–Crippen LogP) is 1.72. The number of benzene rings is 1. The van der Waals surface area contributed by atoms with Crippen molar-refractivity contribution in [3.05, 3.63) is 42.4 Å². The Kier molecular flexibility index (Phi) is 5.20. The number of hydrogen-bond acceptors (Lipinski definition) is 5. The topological polar surface area (TPSA) is 69.9 Å². The zero-order valence-corrected chi connectivity index (χ0v) is 15.3. The maximum absolute atomic E-state index is 12.7. The number of rotatable bonds is 4. The van der Waals surface area contributed by atoms with Gasteiger partial charge in [-0.1, -0.05) is 12.1 Å². The Morgan fingerprint density at radius 3 is 2.26 bits per heavy atom. The molecule has 0 N–H and O–H groups in total. The summed E-state index contributed by atoms with van der Waals surface area (Å²) in [5.41, 5.74) is 1.56. The van der Waals surface area contributed by atoms with Crippen molar-refractivity contribution in [2.24, 2.45) is 0 Å². The van der Waals surface area contributed by atoms with Crippen molar-refractivity contribution in [1.82, 2.24) is 19.7 Å². The number of hydrogen-bond donors (Lipinski definition) is 0. The van der Waals surface area contributed by atoms with E-state index in [4.69, 9.17) is 4.42 Å². The molecule has 7 nitrogen and oxygen atoms in total. The van der Waals surface area contributed by atoms with Crippen molar-refractivity contribution in [2.75, 3.05) is 45.8 Å². The molecular formula is C20H24N4O3. The molecule has 1 aromatic carbocycles. The van der Waals surface area contributed by atoms with E-state index in [0.717, 1.165) is 44.6 Å². The Hall–Kier alpha value is -2.67. The van der Waals surface area contributed by atoms with Crippen molar-refractivity contribution in [1.29, 1.82) is 0 Å². The van der Waals surface area contributed by atoms with E-state index >= 15 is 0 Å². The van der Waals surface area contributed by atoms with Crippen LogP contribution in [0.5, 0.6) is 0 Å². The highest BCUT2D eigenvalue weighted by atomic mass is 16.3. The van der Waals surface area contributed by atoms with Crippen LogP contribution in [-0.4, -0.2) is 77.3 Å². The van der Waals surface area contributed by atoms with Crippen molar-refractivity contribution in [3.8, 4) is 11.3 Å². The monoisotopic (exact) mass is 368 g/mol. The first kappa shape index (κ1) is 17.7. The van der Waals surface area contributed by atoms with Crippen LogP contribution in [0.25, 0.3) is 11.3 Å². The SMILES string of the molecule is O=C(CN1CCN(C(=O)c2ccc(-c3cnco3)cc2)CC1)N1CCCC1. The molecule has 0 unspecified atom stereocenters. The lowest BCUT2D eigenvalue weighted by Crippen LogP contribution is -2.51. The molecule has 2 aliphatic rings. The van der Waals surface area contributed by atoms with Crippen LogP contribution < -0.4 is 0 Å². The van der Waals surface area contributed by atoms with E-state index in [-0.39, 0.29) is 11.8 Å². The number of aromatic nitrogens is 1. The van der Waals surface area contributed by atoms with Crippen LogP contribution in [0.15, 0.2) is 41.3 Å². The van der Waals surface area contributed by atoms with Crippen LogP contribution in [0, 0.1) is 0 Å². The third kappa shape index (κ3) is 4.03. The Balaban J connectivity index is 1.30. The smallest absolute Gasteiger partial charge is 0.253 e. The molecule has 0 aliphatic carbocycles. The summed E-state index contributed by atoms with van der Waals surface area (Å²) in [6, 6.07) is 7.39. The minimum Gasteiger partial charge on any atom is -0.444 e. The van der Waals surface area contributed by atoms with Gasteiger partial charge in [0.15, 0.2) is 12.2 Å². The number of carbonyl (C=O) groups excluding carboxylic acids is 2.